The van der Waals surface area contributed by atoms with E-state index in [0.717, 1.165) is 12.8 Å². The van der Waals surface area contributed by atoms with Gasteiger partial charge in [0, 0.05) is 17.8 Å². The highest BCUT2D eigenvalue weighted by molar-refractivity contribution is 5.90. The van der Waals surface area contributed by atoms with Crippen LogP contribution < -0.4 is 5.56 Å². The highest BCUT2D eigenvalue weighted by atomic mass is 16.4. The summed E-state index contributed by atoms with van der Waals surface area (Å²) < 4.78 is 1.61. The van der Waals surface area contributed by atoms with E-state index < -0.39 is 5.97 Å². The van der Waals surface area contributed by atoms with E-state index in [4.69, 9.17) is 0 Å². The Hall–Kier alpha value is -1.84. The fourth-order valence-electron chi connectivity index (χ4n) is 2.49. The summed E-state index contributed by atoms with van der Waals surface area (Å²) in [5.74, 6) is -0.972. The highest BCUT2D eigenvalue weighted by Gasteiger charge is 2.21. The van der Waals surface area contributed by atoms with E-state index in [1.807, 2.05) is 12.2 Å². The van der Waals surface area contributed by atoms with Gasteiger partial charge in [0.2, 0.25) is 0 Å². The summed E-state index contributed by atoms with van der Waals surface area (Å²) in [4.78, 5) is 23.2. The average molecular weight is 233 g/mol. The van der Waals surface area contributed by atoms with Gasteiger partial charge in [-0.25, -0.2) is 4.79 Å². The van der Waals surface area contributed by atoms with Crippen molar-refractivity contribution in [2.75, 3.05) is 0 Å². The molecule has 2 rings (SSSR count). The molecule has 0 aliphatic heterocycles. The van der Waals surface area contributed by atoms with Crippen LogP contribution in [0.15, 0.2) is 23.0 Å². The Morgan fingerprint density at radius 3 is 2.47 bits per heavy atom. The Labute approximate surface area is 99.2 Å². The third-order valence-electron chi connectivity index (χ3n) is 3.26. The van der Waals surface area contributed by atoms with Crippen molar-refractivity contribution in [3.8, 4) is 0 Å². The largest absolute Gasteiger partial charge is 0.478 e. The Morgan fingerprint density at radius 2 is 1.94 bits per heavy atom. The number of aryl methyl sites for hydroxylation is 1. The summed E-state index contributed by atoms with van der Waals surface area (Å²) in [5, 5.41) is 9.17. The molecule has 1 N–H and O–H groups in total. The molecule has 1 aromatic heterocycles. The molecular weight excluding hydrogens is 218 g/mol. The molecule has 90 valence electrons. The predicted molar refractivity (Wildman–Crippen MR) is 64.5 cm³/mol. The maximum absolute atomic E-state index is 12.0. The topological polar surface area (TPSA) is 59.3 Å². The number of carboxylic acids is 1. The molecule has 0 atom stereocenters. The van der Waals surface area contributed by atoms with Gasteiger partial charge in [0.15, 0.2) is 0 Å². The van der Waals surface area contributed by atoms with E-state index in [1.54, 1.807) is 18.4 Å². The van der Waals surface area contributed by atoms with Crippen LogP contribution in [0.2, 0.25) is 0 Å². The molecule has 4 nitrogen and oxygen atoms in total. The first-order chi connectivity index (χ1) is 8.02. The summed E-state index contributed by atoms with van der Waals surface area (Å²) in [5.41, 5.74) is 1.22. The normalized spacial score (nSPS) is 15.4. The number of nitrogens with zero attached hydrogens (tertiary/aromatic N) is 1. The maximum Gasteiger partial charge on any atom is 0.337 e. The molecule has 0 unspecified atom stereocenters. The lowest BCUT2D eigenvalue weighted by Gasteiger charge is -2.19. The summed E-state index contributed by atoms with van der Waals surface area (Å²) in [6.45, 7) is 3.37. The number of rotatable bonds is 2. The number of hydrogen-bond donors (Lipinski definition) is 1. The van der Waals surface area contributed by atoms with Gasteiger partial charge in [0.1, 0.15) is 0 Å². The molecule has 1 aliphatic rings. The van der Waals surface area contributed by atoms with Gasteiger partial charge in [-0.1, -0.05) is 12.2 Å². The first-order valence-electron chi connectivity index (χ1n) is 5.63. The van der Waals surface area contributed by atoms with Crippen molar-refractivity contribution < 1.29 is 9.90 Å². The molecule has 0 fully saturated rings. The molecule has 0 aromatic carbocycles. The molecular formula is C13H15NO3. The van der Waals surface area contributed by atoms with Crippen molar-refractivity contribution in [1.82, 2.24) is 4.57 Å². The van der Waals surface area contributed by atoms with E-state index in [2.05, 4.69) is 0 Å². The summed E-state index contributed by atoms with van der Waals surface area (Å²) in [6, 6.07) is 1.48. The second kappa shape index (κ2) is 4.20. The highest BCUT2D eigenvalue weighted by Crippen LogP contribution is 2.25. The van der Waals surface area contributed by atoms with Gasteiger partial charge in [-0.2, -0.15) is 0 Å². The first kappa shape index (κ1) is 11.6. The zero-order valence-electron chi connectivity index (χ0n) is 9.93. The Bertz CT molecular complexity index is 547. The second-order valence-corrected chi connectivity index (χ2v) is 4.40. The fourth-order valence-corrected chi connectivity index (χ4v) is 2.49. The lowest BCUT2D eigenvalue weighted by molar-refractivity contribution is 0.0694. The third kappa shape index (κ3) is 1.90. The zero-order valence-corrected chi connectivity index (χ0v) is 9.93. The quantitative estimate of drug-likeness (QED) is 0.795. The lowest BCUT2D eigenvalue weighted by atomic mass is 10.1. The van der Waals surface area contributed by atoms with Crippen LogP contribution in [-0.2, 0) is 0 Å². The van der Waals surface area contributed by atoms with Crippen LogP contribution >= 0.6 is 0 Å². The fraction of sp³-hybridized carbons (Fsp3) is 0.385. The molecule has 4 heteroatoms. The Balaban J connectivity index is 2.63. The average Bonchev–Trinajstić information content (AvgIpc) is 2.69. The molecule has 1 aromatic rings. The number of hydrogen-bond acceptors (Lipinski definition) is 2. The number of allylic oxidation sites excluding steroid dienone is 2. The van der Waals surface area contributed by atoms with Crippen molar-refractivity contribution in [2.24, 2.45) is 0 Å². The number of aromatic carboxylic acids is 1. The predicted octanol–water partition coefficient (Wildman–Crippen LogP) is 2.05. The van der Waals surface area contributed by atoms with Crippen LogP contribution in [0, 0.1) is 13.8 Å². The molecule has 0 saturated heterocycles. The Morgan fingerprint density at radius 1 is 1.35 bits per heavy atom. The standard InChI is InChI=1S/C13H15NO3/c1-8-7-11(15)14(10-5-3-4-6-10)9(2)12(8)13(16)17/h3-4,7,10H,5-6H2,1-2H3,(H,16,17). The molecule has 1 heterocycles. The van der Waals surface area contributed by atoms with Gasteiger partial charge < -0.3 is 9.67 Å². The van der Waals surface area contributed by atoms with Gasteiger partial charge in [-0.05, 0) is 32.3 Å². The third-order valence-corrected chi connectivity index (χ3v) is 3.26. The SMILES string of the molecule is Cc1cc(=O)n(C2CC=CC2)c(C)c1C(=O)O. The van der Waals surface area contributed by atoms with Crippen molar-refractivity contribution in [3.63, 3.8) is 0 Å². The number of carbonyl (C=O) groups is 1. The smallest absolute Gasteiger partial charge is 0.337 e. The minimum atomic E-state index is -0.972. The van der Waals surface area contributed by atoms with Crippen molar-refractivity contribution in [1.29, 1.82) is 0 Å². The molecule has 0 radical (unpaired) electrons. The van der Waals surface area contributed by atoms with Crippen LogP contribution in [-0.4, -0.2) is 15.6 Å². The van der Waals surface area contributed by atoms with E-state index >= 15 is 0 Å². The molecule has 0 spiro atoms. The van der Waals surface area contributed by atoms with Gasteiger partial charge in [0.05, 0.1) is 5.56 Å². The Kier molecular flexibility index (Phi) is 2.88. The second-order valence-electron chi connectivity index (χ2n) is 4.40. The van der Waals surface area contributed by atoms with E-state index in [1.165, 1.54) is 6.07 Å². The number of carboxylic acid groups (broad SMARTS) is 1. The first-order valence-corrected chi connectivity index (χ1v) is 5.63. The minimum absolute atomic E-state index is 0.0706. The van der Waals surface area contributed by atoms with Crippen LogP contribution in [0.5, 0.6) is 0 Å². The van der Waals surface area contributed by atoms with Crippen molar-refractivity contribution in [3.05, 3.63) is 45.4 Å². The van der Waals surface area contributed by atoms with E-state index in [9.17, 15) is 14.7 Å². The maximum atomic E-state index is 12.0. The summed E-state index contributed by atoms with van der Waals surface area (Å²) in [7, 11) is 0. The van der Waals surface area contributed by atoms with Crippen LogP contribution in [0.1, 0.15) is 40.5 Å². The molecule has 0 bridgehead atoms. The van der Waals surface area contributed by atoms with Gasteiger partial charge in [-0.15, -0.1) is 0 Å². The van der Waals surface area contributed by atoms with Crippen LogP contribution in [0.3, 0.4) is 0 Å². The van der Waals surface area contributed by atoms with Gasteiger partial charge in [0.25, 0.3) is 5.56 Å². The molecule has 0 saturated carbocycles. The minimum Gasteiger partial charge on any atom is -0.478 e. The van der Waals surface area contributed by atoms with E-state index in [-0.39, 0.29) is 17.2 Å². The molecule has 17 heavy (non-hydrogen) atoms. The summed E-state index contributed by atoms with van der Waals surface area (Å²) in [6.07, 6.45) is 5.64. The zero-order chi connectivity index (χ0) is 12.6. The van der Waals surface area contributed by atoms with Crippen molar-refractivity contribution >= 4 is 5.97 Å². The van der Waals surface area contributed by atoms with Crippen molar-refractivity contribution in [2.45, 2.75) is 32.7 Å². The monoisotopic (exact) mass is 233 g/mol. The molecule has 1 aliphatic carbocycles. The number of aromatic nitrogens is 1. The van der Waals surface area contributed by atoms with Gasteiger partial charge in [-0.3, -0.25) is 4.79 Å². The molecule has 0 amide bonds. The van der Waals surface area contributed by atoms with E-state index in [0.29, 0.717) is 11.3 Å². The van der Waals surface area contributed by atoms with Gasteiger partial charge >= 0.3 is 5.97 Å². The lowest BCUT2D eigenvalue weighted by Crippen LogP contribution is -2.28. The summed E-state index contributed by atoms with van der Waals surface area (Å²) >= 11 is 0. The van der Waals surface area contributed by atoms with Crippen LogP contribution in [0.25, 0.3) is 0 Å². The van der Waals surface area contributed by atoms with Crippen LogP contribution in [0.4, 0.5) is 0 Å². The number of pyridine rings is 1.